The Labute approximate surface area is 163 Å². The number of halogens is 9. The third-order valence-corrected chi connectivity index (χ3v) is 4.23. The highest BCUT2D eigenvalue weighted by Gasteiger charge is 2.43. The fourth-order valence-corrected chi connectivity index (χ4v) is 3.00. The van der Waals surface area contributed by atoms with E-state index < -0.39 is 46.3 Å². The second-order valence-corrected chi connectivity index (χ2v) is 6.20. The molecule has 0 aliphatic rings. The Hall–Kier alpha value is -3.04. The maximum atomic E-state index is 13.7. The Bertz CT molecular complexity index is 1020. The lowest BCUT2D eigenvalue weighted by Crippen LogP contribution is -2.16. The van der Waals surface area contributed by atoms with Crippen LogP contribution in [0, 0.1) is 0 Å². The zero-order valence-electron chi connectivity index (χ0n) is 14.6. The Morgan fingerprint density at radius 1 is 0.567 bits per heavy atom. The van der Waals surface area contributed by atoms with Crippen LogP contribution in [0.2, 0.25) is 0 Å². The molecular weight excluding hydrogens is 425 g/mol. The van der Waals surface area contributed by atoms with Gasteiger partial charge in [-0.25, -0.2) is 0 Å². The van der Waals surface area contributed by atoms with Gasteiger partial charge in [0.2, 0.25) is 0 Å². The van der Waals surface area contributed by atoms with Crippen LogP contribution >= 0.6 is 0 Å². The molecule has 1 nitrogen and oxygen atoms in total. The smallest absolute Gasteiger partial charge is 0.256 e. The molecule has 0 saturated heterocycles. The molecule has 0 amide bonds. The first-order chi connectivity index (χ1) is 13.8. The molecular formula is C20H10F9N. The SMILES string of the molecule is FC(F)(F)c1cc(-c2ccccn2)ccc1-c1c(C(F)(F)F)cccc1C(F)(F)F. The van der Waals surface area contributed by atoms with Crippen LogP contribution in [0.1, 0.15) is 16.7 Å². The quantitative estimate of drug-likeness (QED) is 0.381. The molecule has 0 saturated carbocycles. The Morgan fingerprint density at radius 2 is 1.13 bits per heavy atom. The first kappa shape index (κ1) is 21.7. The summed E-state index contributed by atoms with van der Waals surface area (Å²) in [5.41, 5.74) is -8.08. The van der Waals surface area contributed by atoms with Crippen LogP contribution in [-0.2, 0) is 18.5 Å². The van der Waals surface area contributed by atoms with Gasteiger partial charge in [-0.2, -0.15) is 39.5 Å². The maximum Gasteiger partial charge on any atom is 0.417 e. The molecule has 158 valence electrons. The number of benzene rings is 2. The van der Waals surface area contributed by atoms with Crippen molar-refractivity contribution in [3.8, 4) is 22.4 Å². The summed E-state index contributed by atoms with van der Waals surface area (Å²) in [6.45, 7) is 0. The summed E-state index contributed by atoms with van der Waals surface area (Å²) in [6, 6.07) is 7.57. The minimum Gasteiger partial charge on any atom is -0.256 e. The number of hydrogen-bond donors (Lipinski definition) is 0. The van der Waals surface area contributed by atoms with Crippen molar-refractivity contribution in [2.75, 3.05) is 0 Å². The molecule has 0 aliphatic carbocycles. The van der Waals surface area contributed by atoms with Crippen molar-refractivity contribution in [2.24, 2.45) is 0 Å². The van der Waals surface area contributed by atoms with Crippen LogP contribution in [0.4, 0.5) is 39.5 Å². The number of aromatic nitrogens is 1. The number of nitrogens with zero attached hydrogens (tertiary/aromatic N) is 1. The van der Waals surface area contributed by atoms with E-state index in [0.29, 0.717) is 30.3 Å². The topological polar surface area (TPSA) is 12.9 Å². The summed E-state index contributed by atoms with van der Waals surface area (Å²) in [6.07, 6.45) is -14.5. The molecule has 3 rings (SSSR count). The van der Waals surface area contributed by atoms with E-state index in [4.69, 9.17) is 0 Å². The van der Waals surface area contributed by atoms with Gasteiger partial charge >= 0.3 is 18.5 Å². The van der Waals surface area contributed by atoms with E-state index in [2.05, 4.69) is 4.98 Å². The van der Waals surface area contributed by atoms with E-state index in [1.807, 2.05) is 0 Å². The molecule has 1 aromatic heterocycles. The minimum absolute atomic E-state index is 0.0784. The minimum atomic E-state index is -5.31. The van der Waals surface area contributed by atoms with Gasteiger partial charge in [0.25, 0.3) is 0 Å². The van der Waals surface area contributed by atoms with Gasteiger partial charge in [0.15, 0.2) is 0 Å². The fraction of sp³-hybridized carbons (Fsp3) is 0.150. The largest absolute Gasteiger partial charge is 0.417 e. The molecule has 30 heavy (non-hydrogen) atoms. The fourth-order valence-electron chi connectivity index (χ4n) is 3.00. The van der Waals surface area contributed by atoms with Crippen molar-refractivity contribution < 1.29 is 39.5 Å². The van der Waals surface area contributed by atoms with Gasteiger partial charge in [0, 0.05) is 17.3 Å². The van der Waals surface area contributed by atoms with Gasteiger partial charge < -0.3 is 0 Å². The Kier molecular flexibility index (Phi) is 5.30. The second-order valence-electron chi connectivity index (χ2n) is 6.20. The van der Waals surface area contributed by atoms with Crippen LogP contribution in [0.3, 0.4) is 0 Å². The van der Waals surface area contributed by atoms with Crippen molar-refractivity contribution in [2.45, 2.75) is 18.5 Å². The number of pyridine rings is 1. The average Bonchev–Trinajstić information content (AvgIpc) is 2.65. The molecule has 0 radical (unpaired) electrons. The van der Waals surface area contributed by atoms with Crippen LogP contribution < -0.4 is 0 Å². The zero-order valence-corrected chi connectivity index (χ0v) is 14.6. The van der Waals surface area contributed by atoms with Crippen molar-refractivity contribution in [1.82, 2.24) is 4.98 Å². The lowest BCUT2D eigenvalue weighted by atomic mass is 9.89. The van der Waals surface area contributed by atoms with Gasteiger partial charge in [-0.05, 0) is 35.9 Å². The molecule has 0 unspecified atom stereocenters. The predicted molar refractivity (Wildman–Crippen MR) is 90.1 cm³/mol. The molecule has 0 spiro atoms. The van der Waals surface area contributed by atoms with E-state index in [1.165, 1.54) is 24.4 Å². The van der Waals surface area contributed by atoms with Gasteiger partial charge in [0.05, 0.1) is 22.4 Å². The van der Waals surface area contributed by atoms with Gasteiger partial charge in [-0.1, -0.05) is 24.3 Å². The first-order valence-corrected chi connectivity index (χ1v) is 8.20. The van der Waals surface area contributed by atoms with Gasteiger partial charge in [0.1, 0.15) is 0 Å². The monoisotopic (exact) mass is 435 g/mol. The lowest BCUT2D eigenvalue weighted by molar-refractivity contribution is -0.143. The highest BCUT2D eigenvalue weighted by Crippen LogP contribution is 2.48. The molecule has 3 aromatic rings. The van der Waals surface area contributed by atoms with Gasteiger partial charge in [-0.3, -0.25) is 4.98 Å². The maximum absolute atomic E-state index is 13.7. The molecule has 1 heterocycles. The first-order valence-electron chi connectivity index (χ1n) is 8.20. The standard InChI is InChI=1S/C20H10F9N/c21-18(22,23)13-4-3-5-14(19(24,25)26)17(13)12-8-7-11(10-15(12)20(27,28)29)16-6-1-2-9-30-16/h1-10H. The lowest BCUT2D eigenvalue weighted by Gasteiger charge is -2.22. The Morgan fingerprint density at radius 3 is 1.60 bits per heavy atom. The van der Waals surface area contributed by atoms with E-state index in [0.717, 1.165) is 6.07 Å². The zero-order chi connectivity index (χ0) is 22.3. The molecule has 2 aromatic carbocycles. The molecule has 10 heteroatoms. The molecule has 0 N–H and O–H groups in total. The number of hydrogen-bond acceptors (Lipinski definition) is 1. The number of alkyl halides is 9. The third-order valence-electron chi connectivity index (χ3n) is 4.23. The van der Waals surface area contributed by atoms with Crippen molar-refractivity contribution >= 4 is 0 Å². The Balaban J connectivity index is 2.38. The van der Waals surface area contributed by atoms with Crippen molar-refractivity contribution in [3.05, 3.63) is 77.5 Å². The highest BCUT2D eigenvalue weighted by molar-refractivity contribution is 5.78. The summed E-state index contributed by atoms with van der Waals surface area (Å²) in [7, 11) is 0. The summed E-state index contributed by atoms with van der Waals surface area (Å²) in [4.78, 5) is 3.86. The van der Waals surface area contributed by atoms with E-state index in [9.17, 15) is 39.5 Å². The van der Waals surface area contributed by atoms with E-state index >= 15 is 0 Å². The second kappa shape index (κ2) is 7.33. The number of rotatable bonds is 2. The molecule has 0 fully saturated rings. The summed E-state index contributed by atoms with van der Waals surface area (Å²) >= 11 is 0. The van der Waals surface area contributed by atoms with Crippen LogP contribution in [0.25, 0.3) is 22.4 Å². The predicted octanol–water partition coefficient (Wildman–Crippen LogP) is 7.47. The van der Waals surface area contributed by atoms with Crippen molar-refractivity contribution in [1.29, 1.82) is 0 Å². The summed E-state index contributed by atoms with van der Waals surface area (Å²) < 4.78 is 122. The van der Waals surface area contributed by atoms with Crippen molar-refractivity contribution in [3.63, 3.8) is 0 Å². The van der Waals surface area contributed by atoms with E-state index in [1.54, 1.807) is 0 Å². The molecule has 0 bridgehead atoms. The van der Waals surface area contributed by atoms with E-state index in [-0.39, 0.29) is 11.3 Å². The molecule has 0 atom stereocenters. The van der Waals surface area contributed by atoms with Crippen LogP contribution in [0.15, 0.2) is 60.8 Å². The van der Waals surface area contributed by atoms with Gasteiger partial charge in [-0.15, -0.1) is 0 Å². The average molecular weight is 435 g/mol. The summed E-state index contributed by atoms with van der Waals surface area (Å²) in [5.74, 6) is 0. The van der Waals surface area contributed by atoms with Crippen LogP contribution in [0.5, 0.6) is 0 Å². The van der Waals surface area contributed by atoms with Crippen LogP contribution in [-0.4, -0.2) is 4.98 Å². The normalized spacial score (nSPS) is 12.8. The summed E-state index contributed by atoms with van der Waals surface area (Å²) in [5, 5.41) is 0. The molecule has 0 aliphatic heterocycles. The highest BCUT2D eigenvalue weighted by atomic mass is 19.4. The third kappa shape index (κ3) is 4.27.